The number of hydrogen-bond donors (Lipinski definition) is 1. The van der Waals surface area contributed by atoms with Crippen LogP contribution in [-0.2, 0) is 6.42 Å². The third-order valence-electron chi connectivity index (χ3n) is 4.17. The first-order chi connectivity index (χ1) is 8.79. The molecular weight excluding hydrogens is 242 g/mol. The molecule has 0 radical (unpaired) electrons. The summed E-state index contributed by atoms with van der Waals surface area (Å²) in [6, 6.07) is 8.96. The first-order valence-corrected chi connectivity index (χ1v) is 7.65. The van der Waals surface area contributed by atoms with Gasteiger partial charge in [-0.3, -0.25) is 0 Å². The molecule has 2 heteroatoms. The number of halogens is 1. The van der Waals surface area contributed by atoms with Crippen LogP contribution in [0.3, 0.4) is 0 Å². The van der Waals surface area contributed by atoms with Crippen LogP contribution in [0.1, 0.15) is 44.6 Å². The topological polar surface area (TPSA) is 12.0 Å². The van der Waals surface area contributed by atoms with E-state index in [2.05, 4.69) is 24.4 Å². The van der Waals surface area contributed by atoms with Gasteiger partial charge >= 0.3 is 0 Å². The molecule has 1 aliphatic rings. The largest absolute Gasteiger partial charge is 0.313 e. The van der Waals surface area contributed by atoms with E-state index in [1.165, 1.54) is 37.7 Å². The predicted octanol–water partition coefficient (Wildman–Crippen LogP) is 4.44. The van der Waals surface area contributed by atoms with E-state index < -0.39 is 0 Å². The lowest BCUT2D eigenvalue weighted by molar-refractivity contribution is 0.257. The Morgan fingerprint density at radius 3 is 2.61 bits per heavy atom. The molecule has 0 aliphatic heterocycles. The molecule has 1 N–H and O–H groups in total. The monoisotopic (exact) mass is 265 g/mol. The summed E-state index contributed by atoms with van der Waals surface area (Å²) in [5, 5.41) is 4.58. The Labute approximate surface area is 116 Å². The minimum Gasteiger partial charge on any atom is -0.313 e. The minimum atomic E-state index is 0.746. The molecule has 1 aliphatic carbocycles. The Morgan fingerprint density at radius 2 is 1.89 bits per heavy atom. The highest BCUT2D eigenvalue weighted by atomic mass is 35.5. The van der Waals surface area contributed by atoms with Crippen molar-refractivity contribution in [2.75, 3.05) is 6.54 Å². The van der Waals surface area contributed by atoms with E-state index in [-0.39, 0.29) is 0 Å². The summed E-state index contributed by atoms with van der Waals surface area (Å²) < 4.78 is 0. The molecule has 0 heterocycles. The van der Waals surface area contributed by atoms with E-state index in [0.29, 0.717) is 0 Å². The van der Waals surface area contributed by atoms with Gasteiger partial charge in [-0.25, -0.2) is 0 Å². The standard InChI is InChI=1S/C16H24ClN/c1-2-14-5-3-4-6-16(14)18-12-11-13-7-9-15(17)10-8-13/h7-10,14,16,18H,2-6,11-12H2,1H3. The zero-order valence-electron chi connectivity index (χ0n) is 11.3. The molecule has 1 nitrogen and oxygen atoms in total. The zero-order valence-corrected chi connectivity index (χ0v) is 12.0. The van der Waals surface area contributed by atoms with Gasteiger partial charge < -0.3 is 5.32 Å². The average Bonchev–Trinajstić information content (AvgIpc) is 2.41. The van der Waals surface area contributed by atoms with Crippen molar-refractivity contribution in [2.24, 2.45) is 5.92 Å². The van der Waals surface area contributed by atoms with Gasteiger partial charge in [-0.15, -0.1) is 0 Å². The Balaban J connectivity index is 1.75. The van der Waals surface area contributed by atoms with Gasteiger partial charge in [0.25, 0.3) is 0 Å². The first kappa shape index (κ1) is 13.9. The van der Waals surface area contributed by atoms with E-state index in [1.807, 2.05) is 12.1 Å². The highest BCUT2D eigenvalue weighted by Crippen LogP contribution is 2.26. The highest BCUT2D eigenvalue weighted by molar-refractivity contribution is 6.30. The fourth-order valence-electron chi connectivity index (χ4n) is 3.02. The molecule has 1 saturated carbocycles. The Morgan fingerprint density at radius 1 is 1.17 bits per heavy atom. The molecule has 1 aromatic carbocycles. The smallest absolute Gasteiger partial charge is 0.0406 e. The molecule has 1 aromatic rings. The van der Waals surface area contributed by atoms with E-state index in [4.69, 9.17) is 11.6 Å². The molecule has 100 valence electrons. The van der Waals surface area contributed by atoms with E-state index in [9.17, 15) is 0 Å². The maximum atomic E-state index is 5.89. The van der Waals surface area contributed by atoms with Crippen molar-refractivity contribution in [3.63, 3.8) is 0 Å². The average molecular weight is 266 g/mol. The van der Waals surface area contributed by atoms with Crippen LogP contribution in [0.15, 0.2) is 24.3 Å². The summed E-state index contributed by atoms with van der Waals surface area (Å²) in [6.07, 6.45) is 8.01. The lowest BCUT2D eigenvalue weighted by atomic mass is 9.83. The van der Waals surface area contributed by atoms with Crippen LogP contribution >= 0.6 is 11.6 Å². The van der Waals surface area contributed by atoms with Crippen molar-refractivity contribution in [1.29, 1.82) is 0 Å². The summed E-state index contributed by atoms with van der Waals surface area (Å²) >= 11 is 5.89. The summed E-state index contributed by atoms with van der Waals surface area (Å²) in [4.78, 5) is 0. The Hall–Kier alpha value is -0.530. The SMILES string of the molecule is CCC1CCCCC1NCCc1ccc(Cl)cc1. The number of rotatable bonds is 5. The van der Waals surface area contributed by atoms with Crippen LogP contribution in [0.4, 0.5) is 0 Å². The quantitative estimate of drug-likeness (QED) is 0.830. The van der Waals surface area contributed by atoms with Crippen molar-refractivity contribution in [1.82, 2.24) is 5.32 Å². The van der Waals surface area contributed by atoms with Crippen LogP contribution in [-0.4, -0.2) is 12.6 Å². The highest BCUT2D eigenvalue weighted by Gasteiger charge is 2.22. The normalized spacial score (nSPS) is 24.1. The minimum absolute atomic E-state index is 0.746. The third kappa shape index (κ3) is 4.00. The molecule has 0 saturated heterocycles. The first-order valence-electron chi connectivity index (χ1n) is 7.27. The summed E-state index contributed by atoms with van der Waals surface area (Å²) in [5.74, 6) is 0.893. The summed E-state index contributed by atoms with van der Waals surface area (Å²) in [7, 11) is 0. The number of benzene rings is 1. The van der Waals surface area contributed by atoms with E-state index >= 15 is 0 Å². The molecule has 2 unspecified atom stereocenters. The second-order valence-electron chi connectivity index (χ2n) is 5.39. The van der Waals surface area contributed by atoms with Gasteiger partial charge in [0.15, 0.2) is 0 Å². The van der Waals surface area contributed by atoms with Gasteiger partial charge in [0.05, 0.1) is 0 Å². The fourth-order valence-corrected chi connectivity index (χ4v) is 3.14. The van der Waals surface area contributed by atoms with Crippen LogP contribution in [0, 0.1) is 5.92 Å². The second-order valence-corrected chi connectivity index (χ2v) is 5.83. The van der Waals surface area contributed by atoms with E-state index in [1.54, 1.807) is 0 Å². The van der Waals surface area contributed by atoms with Crippen molar-refractivity contribution >= 4 is 11.6 Å². The molecule has 0 aromatic heterocycles. The van der Waals surface area contributed by atoms with Crippen LogP contribution in [0.2, 0.25) is 5.02 Å². The van der Waals surface area contributed by atoms with Crippen molar-refractivity contribution in [3.8, 4) is 0 Å². The lowest BCUT2D eigenvalue weighted by Crippen LogP contribution is -2.39. The number of nitrogens with one attached hydrogen (secondary N) is 1. The van der Waals surface area contributed by atoms with Crippen LogP contribution in [0.25, 0.3) is 0 Å². The van der Waals surface area contributed by atoms with Gasteiger partial charge in [-0.05, 0) is 49.4 Å². The maximum absolute atomic E-state index is 5.89. The summed E-state index contributed by atoms with van der Waals surface area (Å²) in [6.45, 7) is 3.41. The van der Waals surface area contributed by atoms with Crippen molar-refractivity contribution < 1.29 is 0 Å². The predicted molar refractivity (Wildman–Crippen MR) is 79.2 cm³/mol. The number of hydrogen-bond acceptors (Lipinski definition) is 1. The Bertz CT molecular complexity index is 347. The zero-order chi connectivity index (χ0) is 12.8. The molecule has 18 heavy (non-hydrogen) atoms. The molecule has 2 rings (SSSR count). The second kappa shape index (κ2) is 7.16. The van der Waals surface area contributed by atoms with Crippen LogP contribution in [0.5, 0.6) is 0 Å². The Kier molecular flexibility index (Phi) is 5.52. The van der Waals surface area contributed by atoms with Gasteiger partial charge in [0, 0.05) is 11.1 Å². The van der Waals surface area contributed by atoms with Gasteiger partial charge in [0.1, 0.15) is 0 Å². The van der Waals surface area contributed by atoms with Crippen molar-refractivity contribution in [2.45, 2.75) is 51.5 Å². The molecule has 1 fully saturated rings. The molecule has 2 atom stereocenters. The van der Waals surface area contributed by atoms with Gasteiger partial charge in [-0.2, -0.15) is 0 Å². The van der Waals surface area contributed by atoms with Gasteiger partial charge in [0.2, 0.25) is 0 Å². The molecule has 0 spiro atoms. The molecular formula is C16H24ClN. The summed E-state index contributed by atoms with van der Waals surface area (Å²) in [5.41, 5.74) is 1.37. The third-order valence-corrected chi connectivity index (χ3v) is 4.42. The lowest BCUT2D eigenvalue weighted by Gasteiger charge is -2.31. The fraction of sp³-hybridized carbons (Fsp3) is 0.625. The van der Waals surface area contributed by atoms with Crippen molar-refractivity contribution in [3.05, 3.63) is 34.9 Å². The van der Waals surface area contributed by atoms with E-state index in [0.717, 1.165) is 29.9 Å². The maximum Gasteiger partial charge on any atom is 0.0406 e. The van der Waals surface area contributed by atoms with Crippen LogP contribution < -0.4 is 5.32 Å². The molecule has 0 bridgehead atoms. The van der Waals surface area contributed by atoms with Gasteiger partial charge in [-0.1, -0.05) is 49.9 Å². The molecule has 0 amide bonds.